The highest BCUT2D eigenvalue weighted by Crippen LogP contribution is 2.28. The van der Waals surface area contributed by atoms with Crippen molar-refractivity contribution in [3.8, 4) is 0 Å². The number of aromatic nitrogens is 2. The van der Waals surface area contributed by atoms with E-state index in [1.165, 1.54) is 23.0 Å². The third kappa shape index (κ3) is 3.07. The summed E-state index contributed by atoms with van der Waals surface area (Å²) in [5.74, 6) is -0.122. The molecule has 0 aliphatic heterocycles. The first-order valence-electron chi connectivity index (χ1n) is 9.61. The van der Waals surface area contributed by atoms with Crippen molar-refractivity contribution in [1.29, 1.82) is 0 Å². The Balaban J connectivity index is 1.71. The van der Waals surface area contributed by atoms with Gasteiger partial charge in [0.15, 0.2) is 0 Å². The zero-order valence-corrected chi connectivity index (χ0v) is 15.9. The number of hydrogen-bond donors (Lipinski definition) is 1. The third-order valence-electron chi connectivity index (χ3n) is 5.58. The molecule has 0 atom stereocenters. The number of fused-ring (bicyclic) bond motifs is 3. The summed E-state index contributed by atoms with van der Waals surface area (Å²) in [6.07, 6.45) is 9.68. The Kier molecular flexibility index (Phi) is 4.60. The quantitative estimate of drug-likeness (QED) is 0.720. The molecule has 0 fully saturated rings. The molecule has 0 spiro atoms. The van der Waals surface area contributed by atoms with E-state index in [9.17, 15) is 9.59 Å². The second kappa shape index (κ2) is 7.06. The average Bonchev–Trinajstić information content (AvgIpc) is 2.99. The fourth-order valence-electron chi connectivity index (χ4n) is 4.14. The molecule has 1 N–H and O–H groups in total. The van der Waals surface area contributed by atoms with Gasteiger partial charge in [0.2, 0.25) is 0 Å². The van der Waals surface area contributed by atoms with Gasteiger partial charge in [0, 0.05) is 43.1 Å². The van der Waals surface area contributed by atoms with Crippen LogP contribution in [0.4, 0.5) is 0 Å². The largest absolute Gasteiger partial charge is 0.352 e. The number of hydrogen-bond acceptors (Lipinski definition) is 2. The highest BCUT2D eigenvalue weighted by molar-refractivity contribution is 6.17. The van der Waals surface area contributed by atoms with Crippen LogP contribution < -0.4 is 10.9 Å². The second-order valence-corrected chi connectivity index (χ2v) is 7.37. The van der Waals surface area contributed by atoms with E-state index in [0.29, 0.717) is 17.6 Å². The van der Waals surface area contributed by atoms with Gasteiger partial charge >= 0.3 is 0 Å². The van der Waals surface area contributed by atoms with Gasteiger partial charge in [0.1, 0.15) is 5.52 Å². The van der Waals surface area contributed by atoms with Gasteiger partial charge in [0.25, 0.3) is 11.5 Å². The number of nitrogens with one attached hydrogen (secondary N) is 1. The molecule has 27 heavy (non-hydrogen) atoms. The lowest BCUT2D eigenvalue weighted by atomic mass is 9.97. The van der Waals surface area contributed by atoms with Crippen molar-refractivity contribution in [3.63, 3.8) is 0 Å². The zero-order valence-electron chi connectivity index (χ0n) is 15.9. The van der Waals surface area contributed by atoms with E-state index >= 15 is 0 Å². The van der Waals surface area contributed by atoms with Crippen molar-refractivity contribution in [3.05, 3.63) is 58.0 Å². The van der Waals surface area contributed by atoms with Crippen molar-refractivity contribution in [2.75, 3.05) is 6.54 Å². The minimum atomic E-state index is -0.122. The number of rotatable bonds is 4. The molecule has 0 bridgehead atoms. The van der Waals surface area contributed by atoms with Gasteiger partial charge in [0.05, 0.1) is 5.56 Å². The predicted molar refractivity (Wildman–Crippen MR) is 109 cm³/mol. The van der Waals surface area contributed by atoms with Gasteiger partial charge in [-0.15, -0.1) is 0 Å². The molecule has 3 aromatic rings. The van der Waals surface area contributed by atoms with Gasteiger partial charge in [-0.25, -0.2) is 0 Å². The Labute approximate surface area is 158 Å². The molecular weight excluding hydrogens is 338 g/mol. The summed E-state index contributed by atoms with van der Waals surface area (Å²) in [7, 11) is 3.58. The number of nitrogens with zero attached hydrogens (tertiary/aromatic N) is 2. The molecular formula is C22H25N3O2. The van der Waals surface area contributed by atoms with E-state index in [2.05, 4.69) is 11.4 Å². The van der Waals surface area contributed by atoms with E-state index in [4.69, 9.17) is 0 Å². The van der Waals surface area contributed by atoms with E-state index in [1.807, 2.05) is 35.9 Å². The molecule has 1 aliphatic carbocycles. The SMILES string of the molecule is Cn1cc(C(=O)NCCC2=CCCCC2)c2c3ccccc3n(C)c2c1=O. The summed E-state index contributed by atoms with van der Waals surface area (Å²) < 4.78 is 3.39. The Morgan fingerprint density at radius 1 is 1.19 bits per heavy atom. The minimum absolute atomic E-state index is 0.0902. The lowest BCUT2D eigenvalue weighted by Crippen LogP contribution is -2.28. The third-order valence-corrected chi connectivity index (χ3v) is 5.58. The number of amides is 1. The second-order valence-electron chi connectivity index (χ2n) is 7.37. The van der Waals surface area contributed by atoms with Gasteiger partial charge < -0.3 is 14.5 Å². The van der Waals surface area contributed by atoms with Crippen LogP contribution in [0.15, 0.2) is 46.9 Å². The van der Waals surface area contributed by atoms with Crippen LogP contribution in [0.3, 0.4) is 0 Å². The molecule has 0 unspecified atom stereocenters. The minimum Gasteiger partial charge on any atom is -0.352 e. The number of para-hydroxylation sites is 1. The summed E-state index contributed by atoms with van der Waals surface area (Å²) in [5.41, 5.74) is 3.44. The van der Waals surface area contributed by atoms with Crippen LogP contribution in [0.5, 0.6) is 0 Å². The first-order valence-corrected chi connectivity index (χ1v) is 9.61. The first kappa shape index (κ1) is 17.6. The normalized spacial score (nSPS) is 14.5. The van der Waals surface area contributed by atoms with E-state index in [-0.39, 0.29) is 11.5 Å². The summed E-state index contributed by atoms with van der Waals surface area (Å²) in [6, 6.07) is 7.84. The fraction of sp³-hybridized carbons (Fsp3) is 0.364. The Morgan fingerprint density at radius 3 is 2.78 bits per heavy atom. The van der Waals surface area contributed by atoms with Gasteiger partial charge in [-0.05, 0) is 38.2 Å². The first-order chi connectivity index (χ1) is 13.1. The number of carbonyl (C=O) groups excluding carboxylic acids is 1. The molecule has 5 nitrogen and oxygen atoms in total. The van der Waals surface area contributed by atoms with E-state index in [0.717, 1.165) is 35.6 Å². The molecule has 140 valence electrons. The van der Waals surface area contributed by atoms with Crippen molar-refractivity contribution >= 4 is 27.7 Å². The summed E-state index contributed by atoms with van der Waals surface area (Å²) in [5, 5.41) is 4.73. The molecule has 1 aliphatic rings. The summed E-state index contributed by atoms with van der Waals surface area (Å²) >= 11 is 0. The maximum Gasteiger partial charge on any atom is 0.274 e. The number of allylic oxidation sites excluding steroid dienone is 1. The van der Waals surface area contributed by atoms with Crippen LogP contribution in [0.1, 0.15) is 42.5 Å². The molecule has 4 rings (SSSR count). The Bertz CT molecular complexity index is 1120. The average molecular weight is 363 g/mol. The molecule has 2 heterocycles. The van der Waals surface area contributed by atoms with Gasteiger partial charge in [-0.1, -0.05) is 29.8 Å². The molecule has 1 amide bonds. The van der Waals surface area contributed by atoms with Crippen LogP contribution in [0.2, 0.25) is 0 Å². The Morgan fingerprint density at radius 2 is 2.00 bits per heavy atom. The van der Waals surface area contributed by atoms with Crippen LogP contribution in [-0.4, -0.2) is 21.6 Å². The Hall–Kier alpha value is -2.82. The molecule has 5 heteroatoms. The number of benzene rings is 1. The predicted octanol–water partition coefficient (Wildman–Crippen LogP) is 3.65. The van der Waals surface area contributed by atoms with Crippen LogP contribution in [-0.2, 0) is 14.1 Å². The van der Waals surface area contributed by atoms with Crippen molar-refractivity contribution < 1.29 is 4.79 Å². The lowest BCUT2D eigenvalue weighted by Gasteiger charge is -2.13. The number of pyridine rings is 1. The van der Waals surface area contributed by atoms with Crippen LogP contribution in [0.25, 0.3) is 21.8 Å². The maximum atomic E-state index is 13.0. The smallest absolute Gasteiger partial charge is 0.274 e. The lowest BCUT2D eigenvalue weighted by molar-refractivity contribution is 0.0955. The molecule has 2 aromatic heterocycles. The standard InChI is InChI=1S/C22H25N3O2/c1-24-14-17(21(26)23-13-12-15-8-4-3-5-9-15)19-16-10-6-7-11-18(16)25(2)20(19)22(24)27/h6-8,10-11,14H,3-5,9,12-13H2,1-2H3,(H,23,26). The molecule has 1 aromatic carbocycles. The molecule has 0 radical (unpaired) electrons. The zero-order chi connectivity index (χ0) is 19.0. The highest BCUT2D eigenvalue weighted by Gasteiger charge is 2.20. The van der Waals surface area contributed by atoms with Crippen molar-refractivity contribution in [1.82, 2.24) is 14.5 Å². The topological polar surface area (TPSA) is 56.0 Å². The van der Waals surface area contributed by atoms with Crippen LogP contribution >= 0.6 is 0 Å². The van der Waals surface area contributed by atoms with Gasteiger partial charge in [-0.3, -0.25) is 9.59 Å². The van der Waals surface area contributed by atoms with Crippen LogP contribution in [0, 0.1) is 0 Å². The van der Waals surface area contributed by atoms with Crippen molar-refractivity contribution in [2.24, 2.45) is 14.1 Å². The van der Waals surface area contributed by atoms with Gasteiger partial charge in [-0.2, -0.15) is 0 Å². The van der Waals surface area contributed by atoms with E-state index in [1.54, 1.807) is 13.2 Å². The summed E-state index contributed by atoms with van der Waals surface area (Å²) in [4.78, 5) is 25.7. The number of carbonyl (C=O) groups is 1. The monoisotopic (exact) mass is 363 g/mol. The maximum absolute atomic E-state index is 13.0. The number of aryl methyl sites for hydroxylation is 2. The fourth-order valence-corrected chi connectivity index (χ4v) is 4.14. The highest BCUT2D eigenvalue weighted by atomic mass is 16.2. The van der Waals surface area contributed by atoms with Crippen molar-refractivity contribution in [2.45, 2.75) is 32.1 Å². The molecule has 0 saturated heterocycles. The molecule has 0 saturated carbocycles. The summed E-state index contributed by atoms with van der Waals surface area (Å²) in [6.45, 7) is 0.625. The van der Waals surface area contributed by atoms with E-state index < -0.39 is 0 Å².